The number of hydrogen-bond acceptors (Lipinski definition) is 2. The molecule has 2 saturated heterocycles. The first-order valence-electron chi connectivity index (χ1n) is 7.25. The van der Waals surface area contributed by atoms with Crippen molar-refractivity contribution in [1.82, 2.24) is 10.2 Å². The summed E-state index contributed by atoms with van der Waals surface area (Å²) in [6, 6.07) is 11.2. The zero-order chi connectivity index (χ0) is 12.5. The molecule has 18 heavy (non-hydrogen) atoms. The molecule has 98 valence electrons. The zero-order valence-corrected chi connectivity index (χ0v) is 11.5. The van der Waals surface area contributed by atoms with Gasteiger partial charge in [0.2, 0.25) is 0 Å². The molecule has 2 unspecified atom stereocenters. The van der Waals surface area contributed by atoms with E-state index in [1.807, 2.05) is 0 Å². The van der Waals surface area contributed by atoms with E-state index in [4.69, 9.17) is 0 Å². The molecule has 2 atom stereocenters. The smallest absolute Gasteiger partial charge is 0.0242 e. The maximum Gasteiger partial charge on any atom is 0.0242 e. The minimum atomic E-state index is 0.746. The first kappa shape index (κ1) is 12.2. The molecular weight excluding hydrogens is 220 g/mol. The number of hydrogen-bond donors (Lipinski definition) is 1. The van der Waals surface area contributed by atoms with Gasteiger partial charge in [-0.25, -0.2) is 0 Å². The molecule has 2 aliphatic heterocycles. The monoisotopic (exact) mass is 244 g/mol. The first-order chi connectivity index (χ1) is 8.78. The molecule has 2 aliphatic rings. The molecule has 2 fully saturated rings. The molecular formula is C16H24N2. The fraction of sp³-hybridized carbons (Fsp3) is 0.625. The van der Waals surface area contributed by atoms with E-state index in [0.29, 0.717) is 0 Å². The molecule has 2 nitrogen and oxygen atoms in total. The Morgan fingerprint density at radius 2 is 1.83 bits per heavy atom. The van der Waals surface area contributed by atoms with E-state index in [1.165, 1.54) is 36.8 Å². The molecule has 1 N–H and O–H groups in total. The maximum absolute atomic E-state index is 3.47. The summed E-state index contributed by atoms with van der Waals surface area (Å²) in [4.78, 5) is 2.76. The Labute approximate surface area is 110 Å². The maximum atomic E-state index is 3.47. The molecule has 2 heterocycles. The van der Waals surface area contributed by atoms with Gasteiger partial charge in [0.15, 0.2) is 0 Å². The largest absolute Gasteiger partial charge is 0.317 e. The van der Waals surface area contributed by atoms with Gasteiger partial charge in [-0.1, -0.05) is 24.3 Å². The topological polar surface area (TPSA) is 15.3 Å². The number of piperidine rings is 1. The van der Waals surface area contributed by atoms with Gasteiger partial charge in [-0.3, -0.25) is 4.90 Å². The van der Waals surface area contributed by atoms with Crippen molar-refractivity contribution >= 4 is 0 Å². The third-order valence-corrected chi connectivity index (χ3v) is 4.91. The Morgan fingerprint density at radius 1 is 1.17 bits per heavy atom. The average molecular weight is 244 g/mol. The highest BCUT2D eigenvalue weighted by Gasteiger charge is 2.39. The number of rotatable bonds is 3. The van der Waals surface area contributed by atoms with Gasteiger partial charge in [0.25, 0.3) is 0 Å². The Bertz CT molecular complexity index is 401. The number of aryl methyl sites for hydroxylation is 1. The van der Waals surface area contributed by atoms with Gasteiger partial charge in [0, 0.05) is 24.7 Å². The van der Waals surface area contributed by atoms with Crippen molar-refractivity contribution in [2.24, 2.45) is 0 Å². The number of nitrogens with zero attached hydrogens (tertiary/aromatic N) is 1. The minimum Gasteiger partial charge on any atom is -0.317 e. The molecule has 0 saturated carbocycles. The third kappa shape index (κ3) is 2.19. The predicted octanol–water partition coefficient (Wildman–Crippen LogP) is 2.71. The van der Waals surface area contributed by atoms with Crippen molar-refractivity contribution in [3.63, 3.8) is 0 Å². The molecule has 2 heteroatoms. The molecule has 2 bridgehead atoms. The van der Waals surface area contributed by atoms with Crippen LogP contribution < -0.4 is 5.32 Å². The van der Waals surface area contributed by atoms with Crippen LogP contribution in [0.1, 0.15) is 36.8 Å². The van der Waals surface area contributed by atoms with Crippen LogP contribution in [-0.4, -0.2) is 30.1 Å². The van der Waals surface area contributed by atoms with Crippen molar-refractivity contribution in [2.75, 3.05) is 7.05 Å². The highest BCUT2D eigenvalue weighted by Crippen LogP contribution is 2.36. The summed E-state index contributed by atoms with van der Waals surface area (Å²) >= 11 is 0. The summed E-state index contributed by atoms with van der Waals surface area (Å²) in [5.74, 6) is 0. The SMILES string of the molecule is CNC1CC2CCC(C1)N2Cc1ccccc1C. The van der Waals surface area contributed by atoms with Crippen molar-refractivity contribution in [1.29, 1.82) is 0 Å². The average Bonchev–Trinajstić information content (AvgIpc) is 2.63. The molecule has 0 radical (unpaired) electrons. The van der Waals surface area contributed by atoms with Crippen molar-refractivity contribution in [2.45, 2.75) is 57.3 Å². The number of nitrogens with one attached hydrogen (secondary N) is 1. The van der Waals surface area contributed by atoms with E-state index < -0.39 is 0 Å². The molecule has 0 amide bonds. The van der Waals surface area contributed by atoms with E-state index in [2.05, 4.69) is 48.5 Å². The number of fused-ring (bicyclic) bond motifs is 2. The summed E-state index contributed by atoms with van der Waals surface area (Å²) in [6.45, 7) is 3.38. The Balaban J connectivity index is 1.73. The predicted molar refractivity (Wildman–Crippen MR) is 75.6 cm³/mol. The fourth-order valence-electron chi connectivity index (χ4n) is 3.75. The number of benzene rings is 1. The van der Waals surface area contributed by atoms with Crippen LogP contribution in [0.5, 0.6) is 0 Å². The summed E-state index contributed by atoms with van der Waals surface area (Å²) in [6.07, 6.45) is 5.46. The third-order valence-electron chi connectivity index (χ3n) is 4.91. The second kappa shape index (κ2) is 5.02. The Morgan fingerprint density at radius 3 is 2.44 bits per heavy atom. The summed E-state index contributed by atoms with van der Waals surface area (Å²) in [7, 11) is 2.11. The van der Waals surface area contributed by atoms with Crippen LogP contribution in [0.15, 0.2) is 24.3 Å². The van der Waals surface area contributed by atoms with Crippen molar-refractivity contribution in [3.05, 3.63) is 35.4 Å². The van der Waals surface area contributed by atoms with Crippen LogP contribution in [0.4, 0.5) is 0 Å². The van der Waals surface area contributed by atoms with Crippen LogP contribution >= 0.6 is 0 Å². The molecule has 0 spiro atoms. The Kier molecular flexibility index (Phi) is 3.40. The Hall–Kier alpha value is -0.860. The van der Waals surface area contributed by atoms with Crippen molar-refractivity contribution < 1.29 is 0 Å². The molecule has 0 aromatic heterocycles. The highest BCUT2D eigenvalue weighted by atomic mass is 15.2. The normalized spacial score (nSPS) is 31.8. The van der Waals surface area contributed by atoms with Gasteiger partial charge in [-0.2, -0.15) is 0 Å². The van der Waals surface area contributed by atoms with Gasteiger partial charge in [0.1, 0.15) is 0 Å². The minimum absolute atomic E-state index is 0.746. The zero-order valence-electron chi connectivity index (χ0n) is 11.5. The van der Waals surface area contributed by atoms with Crippen LogP contribution in [-0.2, 0) is 6.54 Å². The second-order valence-electron chi connectivity index (χ2n) is 5.94. The van der Waals surface area contributed by atoms with Crippen LogP contribution in [0.2, 0.25) is 0 Å². The fourth-order valence-corrected chi connectivity index (χ4v) is 3.75. The van der Waals surface area contributed by atoms with Crippen LogP contribution in [0, 0.1) is 6.92 Å². The van der Waals surface area contributed by atoms with Gasteiger partial charge in [-0.05, 0) is 50.8 Å². The van der Waals surface area contributed by atoms with E-state index in [0.717, 1.165) is 24.7 Å². The van der Waals surface area contributed by atoms with Gasteiger partial charge in [0.05, 0.1) is 0 Å². The highest BCUT2D eigenvalue weighted by molar-refractivity contribution is 5.26. The first-order valence-corrected chi connectivity index (χ1v) is 7.25. The molecule has 1 aromatic carbocycles. The second-order valence-corrected chi connectivity index (χ2v) is 5.94. The van der Waals surface area contributed by atoms with E-state index in [-0.39, 0.29) is 0 Å². The summed E-state index contributed by atoms with van der Waals surface area (Å²) in [5, 5.41) is 3.47. The van der Waals surface area contributed by atoms with Crippen LogP contribution in [0.25, 0.3) is 0 Å². The summed E-state index contributed by atoms with van der Waals surface area (Å²) in [5.41, 5.74) is 2.95. The lowest BCUT2D eigenvalue weighted by Gasteiger charge is -2.39. The lowest BCUT2D eigenvalue weighted by Crippen LogP contribution is -2.47. The standard InChI is InChI=1S/C16H24N2/c1-12-5-3-4-6-13(12)11-18-15-7-8-16(18)10-14(9-15)17-2/h3-6,14-17H,7-11H2,1-2H3. The van der Waals surface area contributed by atoms with E-state index in [1.54, 1.807) is 0 Å². The van der Waals surface area contributed by atoms with Gasteiger partial charge >= 0.3 is 0 Å². The van der Waals surface area contributed by atoms with Gasteiger partial charge in [-0.15, -0.1) is 0 Å². The molecule has 0 aliphatic carbocycles. The van der Waals surface area contributed by atoms with E-state index >= 15 is 0 Å². The quantitative estimate of drug-likeness (QED) is 0.879. The van der Waals surface area contributed by atoms with Gasteiger partial charge < -0.3 is 5.32 Å². The molecule has 1 aromatic rings. The lowest BCUT2D eigenvalue weighted by atomic mass is 9.96. The molecule has 3 rings (SSSR count). The lowest BCUT2D eigenvalue weighted by molar-refractivity contribution is 0.111. The van der Waals surface area contributed by atoms with Crippen molar-refractivity contribution in [3.8, 4) is 0 Å². The van der Waals surface area contributed by atoms with E-state index in [9.17, 15) is 0 Å². The van der Waals surface area contributed by atoms with Crippen LogP contribution in [0.3, 0.4) is 0 Å². The summed E-state index contributed by atoms with van der Waals surface area (Å²) < 4.78 is 0.